The van der Waals surface area contributed by atoms with Crippen molar-refractivity contribution in [1.29, 1.82) is 0 Å². The van der Waals surface area contributed by atoms with E-state index in [1.165, 1.54) is 4.90 Å². The first kappa shape index (κ1) is 18.8. The first-order chi connectivity index (χ1) is 11.9. The molecule has 0 saturated carbocycles. The first-order valence-corrected chi connectivity index (χ1v) is 8.43. The Kier molecular flexibility index (Phi) is 6.38. The number of carbonyl (C=O) groups is 3. The summed E-state index contributed by atoms with van der Waals surface area (Å²) in [5.74, 6) is -0.610. The lowest BCUT2D eigenvalue weighted by Crippen LogP contribution is -2.41. The highest BCUT2D eigenvalue weighted by molar-refractivity contribution is 5.95. The van der Waals surface area contributed by atoms with E-state index in [0.717, 1.165) is 12.1 Å². The van der Waals surface area contributed by atoms with E-state index >= 15 is 0 Å². The Balaban J connectivity index is 1.96. The van der Waals surface area contributed by atoms with Gasteiger partial charge in [0.1, 0.15) is 5.75 Å². The van der Waals surface area contributed by atoms with Gasteiger partial charge >= 0.3 is 5.97 Å². The fourth-order valence-electron chi connectivity index (χ4n) is 2.78. The van der Waals surface area contributed by atoms with Crippen LogP contribution >= 0.6 is 0 Å². The topological polar surface area (TPSA) is 87.2 Å². The van der Waals surface area contributed by atoms with Gasteiger partial charge in [0.2, 0.25) is 5.91 Å². The maximum atomic E-state index is 12.3. The van der Waals surface area contributed by atoms with Crippen LogP contribution in [0.4, 0.5) is 5.69 Å². The molecule has 0 spiro atoms. The molecule has 0 atom stereocenters. The second-order valence-corrected chi connectivity index (χ2v) is 6.26. The second kappa shape index (κ2) is 8.50. The second-order valence-electron chi connectivity index (χ2n) is 6.26. The molecule has 0 radical (unpaired) electrons. The predicted molar refractivity (Wildman–Crippen MR) is 92.6 cm³/mol. The summed E-state index contributed by atoms with van der Waals surface area (Å²) >= 11 is 0. The predicted octanol–water partition coefficient (Wildman–Crippen LogP) is 1.90. The largest absolute Gasteiger partial charge is 0.484 e. The number of aliphatic carboxylic acids is 1. The number of carboxylic acid groups (broad SMARTS) is 1. The van der Waals surface area contributed by atoms with Crippen molar-refractivity contribution in [2.24, 2.45) is 0 Å². The average Bonchev–Trinajstić information content (AvgIpc) is 2.99. The number of carbonyl (C=O) groups excluding carboxylic acids is 2. The molecule has 2 amide bonds. The Bertz CT molecular complexity index is 644. The Morgan fingerprint density at radius 2 is 2.12 bits per heavy atom. The van der Waals surface area contributed by atoms with E-state index in [-0.39, 0.29) is 37.4 Å². The minimum absolute atomic E-state index is 0.0906. The van der Waals surface area contributed by atoms with Crippen molar-refractivity contribution >= 4 is 23.5 Å². The van der Waals surface area contributed by atoms with Crippen LogP contribution in [0.1, 0.15) is 33.1 Å². The van der Waals surface area contributed by atoms with Gasteiger partial charge in [0, 0.05) is 37.3 Å². The molecule has 1 aromatic carbocycles. The van der Waals surface area contributed by atoms with Gasteiger partial charge in [-0.05, 0) is 32.4 Å². The summed E-state index contributed by atoms with van der Waals surface area (Å²) in [6.07, 6.45) is 1.29. The summed E-state index contributed by atoms with van der Waals surface area (Å²) in [7, 11) is 0. The van der Waals surface area contributed by atoms with Crippen LogP contribution in [-0.4, -0.2) is 53.5 Å². The highest BCUT2D eigenvalue weighted by Crippen LogP contribution is 2.25. The van der Waals surface area contributed by atoms with Crippen molar-refractivity contribution in [1.82, 2.24) is 4.90 Å². The van der Waals surface area contributed by atoms with E-state index in [4.69, 9.17) is 9.84 Å². The Labute approximate surface area is 147 Å². The van der Waals surface area contributed by atoms with E-state index in [1.54, 1.807) is 23.1 Å². The molecular weight excluding hydrogens is 324 g/mol. The molecule has 25 heavy (non-hydrogen) atoms. The number of nitrogens with zero attached hydrogens (tertiary/aromatic N) is 2. The van der Waals surface area contributed by atoms with Crippen molar-refractivity contribution in [3.05, 3.63) is 24.3 Å². The molecule has 136 valence electrons. The van der Waals surface area contributed by atoms with Gasteiger partial charge in [0.25, 0.3) is 5.91 Å². The fourth-order valence-corrected chi connectivity index (χ4v) is 2.78. The average molecular weight is 348 g/mol. The number of hydrogen-bond donors (Lipinski definition) is 1. The van der Waals surface area contributed by atoms with Crippen LogP contribution < -0.4 is 9.64 Å². The SMILES string of the molecule is CC(C)N(CCC(=O)O)C(=O)COc1cccc(N2CCCC2=O)c1. The third-order valence-corrected chi connectivity index (χ3v) is 4.08. The molecule has 1 saturated heterocycles. The van der Waals surface area contributed by atoms with E-state index in [0.29, 0.717) is 18.7 Å². The zero-order valence-corrected chi connectivity index (χ0v) is 14.6. The summed E-state index contributed by atoms with van der Waals surface area (Å²) in [6, 6.07) is 6.99. The molecule has 1 heterocycles. The van der Waals surface area contributed by atoms with E-state index in [2.05, 4.69) is 0 Å². The first-order valence-electron chi connectivity index (χ1n) is 8.43. The Hall–Kier alpha value is -2.57. The van der Waals surface area contributed by atoms with Crippen LogP contribution in [0.2, 0.25) is 0 Å². The monoisotopic (exact) mass is 348 g/mol. The van der Waals surface area contributed by atoms with Gasteiger partial charge in [-0.25, -0.2) is 0 Å². The molecule has 7 heteroatoms. The van der Waals surface area contributed by atoms with Gasteiger partial charge in [-0.2, -0.15) is 0 Å². The van der Waals surface area contributed by atoms with Crippen LogP contribution in [0, 0.1) is 0 Å². The smallest absolute Gasteiger partial charge is 0.305 e. The maximum absolute atomic E-state index is 12.3. The zero-order valence-electron chi connectivity index (χ0n) is 14.6. The lowest BCUT2D eigenvalue weighted by atomic mass is 10.2. The molecular formula is C18H24N2O5. The zero-order chi connectivity index (χ0) is 18.4. The number of hydrogen-bond acceptors (Lipinski definition) is 4. The van der Waals surface area contributed by atoms with E-state index in [9.17, 15) is 14.4 Å². The van der Waals surface area contributed by atoms with Crippen LogP contribution in [0.25, 0.3) is 0 Å². The molecule has 1 aliphatic rings. The van der Waals surface area contributed by atoms with Crippen molar-refractivity contribution in [3.63, 3.8) is 0 Å². The Morgan fingerprint density at radius 1 is 1.36 bits per heavy atom. The quantitative estimate of drug-likeness (QED) is 0.775. The van der Waals surface area contributed by atoms with E-state index < -0.39 is 5.97 Å². The standard InChI is InChI=1S/C18H24N2O5/c1-13(2)19(10-8-18(23)24)17(22)12-25-15-6-3-5-14(11-15)20-9-4-7-16(20)21/h3,5-6,11,13H,4,7-10,12H2,1-2H3,(H,23,24). The lowest BCUT2D eigenvalue weighted by Gasteiger charge is -2.26. The third-order valence-electron chi connectivity index (χ3n) is 4.08. The lowest BCUT2D eigenvalue weighted by molar-refractivity contribution is -0.139. The van der Waals surface area contributed by atoms with Crippen LogP contribution in [0.3, 0.4) is 0 Å². The molecule has 1 aromatic rings. The number of rotatable bonds is 8. The number of ether oxygens (including phenoxy) is 1. The maximum Gasteiger partial charge on any atom is 0.305 e. The number of anilines is 1. The van der Waals surface area contributed by atoms with Gasteiger partial charge < -0.3 is 19.6 Å². The van der Waals surface area contributed by atoms with Crippen LogP contribution in [0.15, 0.2) is 24.3 Å². The highest BCUT2D eigenvalue weighted by atomic mass is 16.5. The van der Waals surface area contributed by atoms with Crippen molar-refractivity contribution < 1.29 is 24.2 Å². The van der Waals surface area contributed by atoms with Crippen molar-refractivity contribution in [2.45, 2.75) is 39.2 Å². The van der Waals surface area contributed by atoms with Crippen molar-refractivity contribution in [2.75, 3.05) is 24.6 Å². The van der Waals surface area contributed by atoms with Crippen LogP contribution in [-0.2, 0) is 14.4 Å². The molecule has 7 nitrogen and oxygen atoms in total. The molecule has 1 aliphatic heterocycles. The Morgan fingerprint density at radius 3 is 2.72 bits per heavy atom. The minimum atomic E-state index is -0.942. The summed E-state index contributed by atoms with van der Waals surface area (Å²) in [6.45, 7) is 4.34. The van der Waals surface area contributed by atoms with E-state index in [1.807, 2.05) is 19.9 Å². The third kappa shape index (κ3) is 5.20. The molecule has 1 N–H and O–H groups in total. The fraction of sp³-hybridized carbons (Fsp3) is 0.500. The highest BCUT2D eigenvalue weighted by Gasteiger charge is 2.22. The molecule has 2 rings (SSSR count). The van der Waals surface area contributed by atoms with Crippen LogP contribution in [0.5, 0.6) is 5.75 Å². The van der Waals surface area contributed by atoms with Gasteiger partial charge in [0.15, 0.2) is 6.61 Å². The molecule has 0 aromatic heterocycles. The molecule has 0 bridgehead atoms. The summed E-state index contributed by atoms with van der Waals surface area (Å²) in [5.41, 5.74) is 0.763. The summed E-state index contributed by atoms with van der Waals surface area (Å²) < 4.78 is 5.56. The molecule has 0 unspecified atom stereocenters. The number of benzene rings is 1. The summed E-state index contributed by atoms with van der Waals surface area (Å²) in [4.78, 5) is 38.0. The molecule has 0 aliphatic carbocycles. The van der Waals surface area contributed by atoms with Gasteiger partial charge in [-0.15, -0.1) is 0 Å². The van der Waals surface area contributed by atoms with Gasteiger partial charge in [-0.3, -0.25) is 14.4 Å². The summed E-state index contributed by atoms with van der Waals surface area (Å²) in [5, 5.41) is 8.79. The van der Waals surface area contributed by atoms with Gasteiger partial charge in [0.05, 0.1) is 6.42 Å². The van der Waals surface area contributed by atoms with Gasteiger partial charge in [-0.1, -0.05) is 6.07 Å². The number of amides is 2. The minimum Gasteiger partial charge on any atom is -0.484 e. The number of carboxylic acids is 1. The normalized spacial score (nSPS) is 14.0. The van der Waals surface area contributed by atoms with Crippen molar-refractivity contribution in [3.8, 4) is 5.75 Å². The molecule has 1 fully saturated rings.